The third-order valence-electron chi connectivity index (χ3n) is 9.17. The standard InChI is InChI=1S/C33H45N3O7S/c1-5-7-14-34(15-8-6-2)30(38)21-35-20-28(24-17-26(41-3)32-27(18-24)42-22-43-32)44(4,33(39)40)31(35)13-16-36-25-12-10-9-11-23(25)19-29(36)37/h9-12,17-18,28,31H,5-8,13-16,19-22H2,1-4H3,(H,39,40). The molecule has 1 saturated heterocycles. The molecule has 3 atom stereocenters. The van der Waals surface area contributed by atoms with Gasteiger partial charge in [-0.1, -0.05) is 44.9 Å². The van der Waals surface area contributed by atoms with Crippen LogP contribution in [0.2, 0.25) is 0 Å². The van der Waals surface area contributed by atoms with Crippen molar-refractivity contribution in [1.29, 1.82) is 0 Å². The zero-order valence-corrected chi connectivity index (χ0v) is 27.1. The molecule has 1 fully saturated rings. The third kappa shape index (κ3) is 6.08. The van der Waals surface area contributed by atoms with Gasteiger partial charge in [0.1, 0.15) is 0 Å². The summed E-state index contributed by atoms with van der Waals surface area (Å²) in [5.41, 5.74) is 2.66. The first-order chi connectivity index (χ1) is 21.2. The number of amides is 2. The van der Waals surface area contributed by atoms with Gasteiger partial charge in [0, 0.05) is 37.1 Å². The molecule has 3 unspecified atom stereocenters. The number of hydrogen-bond acceptors (Lipinski definition) is 7. The van der Waals surface area contributed by atoms with E-state index < -0.39 is 20.7 Å². The smallest absolute Gasteiger partial charge is 0.348 e. The van der Waals surface area contributed by atoms with Crippen LogP contribution in [0.1, 0.15) is 62.3 Å². The highest BCUT2D eigenvalue weighted by Crippen LogP contribution is 2.68. The van der Waals surface area contributed by atoms with Gasteiger partial charge in [0.05, 0.1) is 25.4 Å². The molecule has 2 aromatic carbocycles. The molecule has 0 saturated carbocycles. The number of anilines is 1. The monoisotopic (exact) mass is 627 g/mol. The number of fused-ring (bicyclic) bond motifs is 2. The van der Waals surface area contributed by atoms with Crippen molar-refractivity contribution in [2.75, 3.05) is 57.8 Å². The second-order valence-corrected chi connectivity index (χ2v) is 15.4. The molecular formula is C33H45N3O7S. The molecule has 0 aromatic heterocycles. The number of carboxylic acid groups (broad SMARTS) is 1. The van der Waals surface area contributed by atoms with Gasteiger partial charge in [0.25, 0.3) is 0 Å². The largest absolute Gasteiger partial charge is 0.493 e. The molecule has 1 N–H and O–H groups in total. The van der Waals surface area contributed by atoms with Crippen molar-refractivity contribution >= 4 is 32.8 Å². The highest BCUT2D eigenvalue weighted by molar-refractivity contribution is 8.45. The Morgan fingerprint density at radius 3 is 2.52 bits per heavy atom. The Labute approximate surface area is 261 Å². The van der Waals surface area contributed by atoms with Crippen LogP contribution >= 0.6 is 10.0 Å². The normalized spacial score (nSPS) is 23.8. The predicted molar refractivity (Wildman–Crippen MR) is 172 cm³/mol. The average Bonchev–Trinajstić information content (AvgIpc) is 3.69. The van der Waals surface area contributed by atoms with E-state index in [9.17, 15) is 19.5 Å². The quantitative estimate of drug-likeness (QED) is 0.305. The van der Waals surface area contributed by atoms with Crippen LogP contribution < -0.4 is 19.1 Å². The van der Waals surface area contributed by atoms with Crippen molar-refractivity contribution < 1.29 is 33.7 Å². The molecule has 0 radical (unpaired) electrons. The highest BCUT2D eigenvalue weighted by Gasteiger charge is 2.53. The van der Waals surface area contributed by atoms with Crippen molar-refractivity contribution in [1.82, 2.24) is 9.80 Å². The molecule has 0 aliphatic carbocycles. The van der Waals surface area contributed by atoms with Crippen molar-refractivity contribution in [2.45, 2.75) is 63.0 Å². The van der Waals surface area contributed by atoms with Gasteiger partial charge in [-0.3, -0.25) is 14.5 Å². The van der Waals surface area contributed by atoms with E-state index in [1.165, 1.54) is 0 Å². The predicted octanol–water partition coefficient (Wildman–Crippen LogP) is 5.63. The van der Waals surface area contributed by atoms with Gasteiger partial charge < -0.3 is 29.1 Å². The Kier molecular flexibility index (Phi) is 9.94. The SMILES string of the molecule is CCCCN(CCCC)C(=O)CN1CC(c2cc(OC)c3c(c2)OCO3)S(C)(C(=O)O)C1CCN1C(=O)Cc2ccccc21. The van der Waals surface area contributed by atoms with Crippen LogP contribution in [0.15, 0.2) is 36.4 Å². The van der Waals surface area contributed by atoms with Gasteiger partial charge in [-0.05, 0) is 54.8 Å². The van der Waals surface area contributed by atoms with Crippen LogP contribution in [0, 0.1) is 0 Å². The maximum absolute atomic E-state index is 13.8. The van der Waals surface area contributed by atoms with Gasteiger partial charge in [-0.25, -0.2) is 4.79 Å². The van der Waals surface area contributed by atoms with E-state index in [4.69, 9.17) is 14.2 Å². The van der Waals surface area contributed by atoms with E-state index in [1.807, 2.05) is 47.6 Å². The molecule has 44 heavy (non-hydrogen) atoms. The van der Waals surface area contributed by atoms with Crippen LogP contribution in [0.3, 0.4) is 0 Å². The number of benzene rings is 2. The van der Waals surface area contributed by atoms with Crippen molar-refractivity contribution in [2.24, 2.45) is 0 Å². The Hall–Kier alpha value is -3.44. The number of rotatable bonds is 13. The van der Waals surface area contributed by atoms with Crippen molar-refractivity contribution in [3.05, 3.63) is 47.5 Å². The number of para-hydroxylation sites is 1. The molecule has 3 heterocycles. The van der Waals surface area contributed by atoms with E-state index in [-0.39, 0.29) is 30.4 Å². The van der Waals surface area contributed by atoms with Crippen molar-refractivity contribution in [3.8, 4) is 17.2 Å². The van der Waals surface area contributed by atoms with Gasteiger partial charge in [-0.2, -0.15) is 0 Å². The molecule has 2 aromatic rings. The summed E-state index contributed by atoms with van der Waals surface area (Å²) in [6.07, 6.45) is 6.47. The number of hydrogen-bond donors (Lipinski definition) is 1. The summed E-state index contributed by atoms with van der Waals surface area (Å²) in [7, 11) is -0.902. The lowest BCUT2D eigenvalue weighted by atomic mass is 10.1. The lowest BCUT2D eigenvalue weighted by molar-refractivity contribution is -0.132. The number of carbonyl (C=O) groups excluding carboxylic acids is 2. The molecule has 0 spiro atoms. The zero-order valence-electron chi connectivity index (χ0n) is 26.3. The van der Waals surface area contributed by atoms with Crippen LogP contribution in [0.4, 0.5) is 10.5 Å². The lowest BCUT2D eigenvalue weighted by Gasteiger charge is -2.40. The Balaban J connectivity index is 1.49. The highest BCUT2D eigenvalue weighted by atomic mass is 32.3. The fraction of sp³-hybridized carbons (Fsp3) is 0.545. The Bertz CT molecular complexity index is 1380. The fourth-order valence-electron chi connectivity index (χ4n) is 6.67. The number of nitrogens with zero attached hydrogens (tertiary/aromatic N) is 3. The summed E-state index contributed by atoms with van der Waals surface area (Å²) in [5, 5.41) is 9.26. The summed E-state index contributed by atoms with van der Waals surface area (Å²) < 4.78 is 16.9. The number of methoxy groups -OCH3 is 1. The van der Waals surface area contributed by atoms with Crippen molar-refractivity contribution in [3.63, 3.8) is 0 Å². The van der Waals surface area contributed by atoms with E-state index >= 15 is 0 Å². The lowest BCUT2D eigenvalue weighted by Crippen LogP contribution is -2.45. The van der Waals surface area contributed by atoms with Crippen LogP contribution in [-0.2, 0) is 16.0 Å². The van der Waals surface area contributed by atoms with Gasteiger partial charge >= 0.3 is 5.30 Å². The summed E-state index contributed by atoms with van der Waals surface area (Å²) in [6, 6.07) is 11.5. The number of ether oxygens (including phenoxy) is 3. The molecular weight excluding hydrogens is 582 g/mol. The van der Waals surface area contributed by atoms with E-state index in [2.05, 4.69) is 18.7 Å². The van der Waals surface area contributed by atoms with Gasteiger partial charge in [0.15, 0.2) is 11.5 Å². The maximum Gasteiger partial charge on any atom is 0.348 e. The van der Waals surface area contributed by atoms with Crippen LogP contribution in [0.25, 0.3) is 0 Å². The van der Waals surface area contributed by atoms with Crippen LogP contribution in [-0.4, -0.2) is 90.3 Å². The maximum atomic E-state index is 13.8. The Morgan fingerprint density at radius 2 is 1.84 bits per heavy atom. The summed E-state index contributed by atoms with van der Waals surface area (Å²) in [4.78, 5) is 46.0. The first-order valence-corrected chi connectivity index (χ1v) is 17.8. The number of unbranched alkanes of at least 4 members (excludes halogenated alkanes) is 2. The summed E-state index contributed by atoms with van der Waals surface area (Å²) in [6.45, 7) is 6.60. The number of carbonyl (C=O) groups is 3. The average molecular weight is 628 g/mol. The van der Waals surface area contributed by atoms with Gasteiger partial charge in [-0.15, -0.1) is 10.0 Å². The molecule has 3 aliphatic heterocycles. The topological polar surface area (TPSA) is 109 Å². The molecule has 5 rings (SSSR count). The van der Waals surface area contributed by atoms with E-state index in [1.54, 1.807) is 12.0 Å². The molecule has 240 valence electrons. The second kappa shape index (κ2) is 13.7. The summed E-state index contributed by atoms with van der Waals surface area (Å²) >= 11 is 0. The van der Waals surface area contributed by atoms with E-state index in [0.717, 1.165) is 42.5 Å². The molecule has 11 heteroatoms. The van der Waals surface area contributed by atoms with Crippen LogP contribution in [0.5, 0.6) is 17.2 Å². The van der Waals surface area contributed by atoms with Gasteiger partial charge in [0.2, 0.25) is 24.4 Å². The second-order valence-electron chi connectivity index (χ2n) is 11.9. The van der Waals surface area contributed by atoms with E-state index in [0.29, 0.717) is 56.3 Å². The molecule has 3 aliphatic rings. The first kappa shape index (κ1) is 32.0. The molecule has 10 nitrogen and oxygen atoms in total. The zero-order chi connectivity index (χ0) is 31.4. The minimum atomic E-state index is -2.46. The summed E-state index contributed by atoms with van der Waals surface area (Å²) in [5.74, 6) is 1.58. The minimum Gasteiger partial charge on any atom is -0.493 e. The Morgan fingerprint density at radius 1 is 1.11 bits per heavy atom. The third-order valence-corrected chi connectivity index (χ3v) is 13.2. The fourth-order valence-corrected chi connectivity index (χ4v) is 10.1. The molecule has 0 bridgehead atoms. The molecule has 2 amide bonds. The first-order valence-electron chi connectivity index (χ1n) is 15.6. The minimum absolute atomic E-state index is 0.0150.